The molecule has 0 unspecified atom stereocenters. The second kappa shape index (κ2) is 9.68. The SMILES string of the molecule is Cc1c(N2CCOCC2)c(=O)n(C[C@@H](N)c2ccccc2)c(=O)n1Cc1c(F)cccc1F. The maximum Gasteiger partial charge on any atom is 0.331 e. The van der Waals surface area contributed by atoms with E-state index in [0.717, 1.165) is 22.3 Å². The summed E-state index contributed by atoms with van der Waals surface area (Å²) in [4.78, 5) is 28.7. The molecule has 2 N–H and O–H groups in total. The van der Waals surface area contributed by atoms with Gasteiger partial charge in [0.05, 0.1) is 26.3 Å². The Bertz CT molecular complexity index is 1230. The lowest BCUT2D eigenvalue weighted by molar-refractivity contribution is 0.122. The molecular formula is C24H26F2N4O3. The molecule has 1 saturated heterocycles. The molecule has 0 saturated carbocycles. The topological polar surface area (TPSA) is 82.5 Å². The van der Waals surface area contributed by atoms with Gasteiger partial charge in [0, 0.05) is 30.4 Å². The number of nitrogens with zero attached hydrogens (tertiary/aromatic N) is 3. The van der Waals surface area contributed by atoms with Crippen LogP contribution < -0.4 is 21.9 Å². The molecule has 1 aliphatic rings. The van der Waals surface area contributed by atoms with Gasteiger partial charge in [0.2, 0.25) is 0 Å². The summed E-state index contributed by atoms with van der Waals surface area (Å²) in [7, 11) is 0. The number of anilines is 1. The zero-order chi connectivity index (χ0) is 23.5. The van der Waals surface area contributed by atoms with Gasteiger partial charge in [-0.1, -0.05) is 36.4 Å². The minimum atomic E-state index is -0.757. The highest BCUT2D eigenvalue weighted by molar-refractivity contribution is 5.49. The van der Waals surface area contributed by atoms with E-state index in [1.54, 1.807) is 6.92 Å². The van der Waals surface area contributed by atoms with Crippen LogP contribution in [0.1, 0.15) is 22.9 Å². The van der Waals surface area contributed by atoms with E-state index >= 15 is 0 Å². The molecule has 0 amide bonds. The Balaban J connectivity index is 1.85. The molecule has 2 aromatic carbocycles. The smallest absolute Gasteiger partial charge is 0.331 e. The van der Waals surface area contributed by atoms with Crippen LogP contribution in [0.3, 0.4) is 0 Å². The molecule has 174 valence electrons. The second-order valence-corrected chi connectivity index (χ2v) is 8.04. The quantitative estimate of drug-likeness (QED) is 0.615. The van der Waals surface area contributed by atoms with E-state index < -0.39 is 28.9 Å². The van der Waals surface area contributed by atoms with E-state index in [1.165, 1.54) is 10.6 Å². The molecule has 0 aliphatic carbocycles. The summed E-state index contributed by atoms with van der Waals surface area (Å²) >= 11 is 0. The van der Waals surface area contributed by atoms with Crippen molar-refractivity contribution in [3.8, 4) is 0 Å². The fraction of sp³-hybridized carbons (Fsp3) is 0.333. The summed E-state index contributed by atoms with van der Waals surface area (Å²) < 4.78 is 36.5. The molecule has 9 heteroatoms. The van der Waals surface area contributed by atoms with Crippen LogP contribution in [-0.2, 0) is 17.8 Å². The van der Waals surface area contributed by atoms with Crippen LogP contribution in [0.2, 0.25) is 0 Å². The van der Waals surface area contributed by atoms with Gasteiger partial charge in [-0.2, -0.15) is 0 Å². The Morgan fingerprint density at radius 1 is 0.970 bits per heavy atom. The van der Waals surface area contributed by atoms with Crippen LogP contribution in [0.5, 0.6) is 0 Å². The standard InChI is InChI=1S/C24H26F2N4O3/c1-16-22(28-10-12-33-13-11-28)23(31)30(15-21(27)17-6-3-2-4-7-17)24(32)29(16)14-18-19(25)8-5-9-20(18)26/h2-9,21H,10-15,27H2,1H3/t21-/m1/s1. The molecule has 1 fully saturated rings. The molecule has 4 rings (SSSR count). The van der Waals surface area contributed by atoms with E-state index in [-0.39, 0.29) is 18.7 Å². The molecule has 1 atom stereocenters. The molecule has 33 heavy (non-hydrogen) atoms. The monoisotopic (exact) mass is 456 g/mol. The predicted molar refractivity (Wildman–Crippen MR) is 122 cm³/mol. The fourth-order valence-electron chi connectivity index (χ4n) is 4.13. The summed E-state index contributed by atoms with van der Waals surface area (Å²) in [6.07, 6.45) is 0. The van der Waals surface area contributed by atoms with Crippen molar-refractivity contribution in [3.05, 3.63) is 97.8 Å². The molecular weight excluding hydrogens is 430 g/mol. The van der Waals surface area contributed by atoms with Crippen molar-refractivity contribution in [2.75, 3.05) is 31.2 Å². The van der Waals surface area contributed by atoms with Crippen LogP contribution in [0.25, 0.3) is 0 Å². The number of aromatic nitrogens is 2. The maximum atomic E-state index is 14.4. The van der Waals surface area contributed by atoms with Crippen LogP contribution in [0, 0.1) is 18.6 Å². The van der Waals surface area contributed by atoms with Crippen molar-refractivity contribution in [1.82, 2.24) is 9.13 Å². The summed E-state index contributed by atoms with van der Waals surface area (Å²) in [6, 6.07) is 12.1. The van der Waals surface area contributed by atoms with Gasteiger partial charge < -0.3 is 15.4 Å². The lowest BCUT2D eigenvalue weighted by Gasteiger charge is -2.31. The third-order valence-corrected chi connectivity index (χ3v) is 5.97. The Kier molecular flexibility index (Phi) is 6.71. The first-order chi connectivity index (χ1) is 15.9. The van der Waals surface area contributed by atoms with Crippen molar-refractivity contribution in [2.24, 2.45) is 5.73 Å². The molecule has 1 aromatic heterocycles. The number of rotatable bonds is 6. The highest BCUT2D eigenvalue weighted by Crippen LogP contribution is 2.19. The highest BCUT2D eigenvalue weighted by Gasteiger charge is 2.25. The number of benzene rings is 2. The van der Waals surface area contributed by atoms with E-state index in [9.17, 15) is 18.4 Å². The Morgan fingerprint density at radius 3 is 2.24 bits per heavy atom. The van der Waals surface area contributed by atoms with Crippen molar-refractivity contribution in [3.63, 3.8) is 0 Å². The first-order valence-corrected chi connectivity index (χ1v) is 10.8. The van der Waals surface area contributed by atoms with Gasteiger partial charge in [-0.05, 0) is 24.6 Å². The zero-order valence-corrected chi connectivity index (χ0v) is 18.3. The average molecular weight is 456 g/mol. The predicted octanol–water partition coefficient (Wildman–Crippen LogP) is 2.18. The van der Waals surface area contributed by atoms with E-state index in [2.05, 4.69) is 0 Å². The number of morpholine rings is 1. The minimum absolute atomic E-state index is 0.0704. The molecule has 1 aliphatic heterocycles. The summed E-state index contributed by atoms with van der Waals surface area (Å²) in [5.41, 5.74) is 6.37. The average Bonchev–Trinajstić information content (AvgIpc) is 2.82. The van der Waals surface area contributed by atoms with Gasteiger partial charge >= 0.3 is 5.69 Å². The van der Waals surface area contributed by atoms with Crippen LogP contribution in [0.15, 0.2) is 58.1 Å². The number of ether oxygens (including phenoxy) is 1. The van der Waals surface area contributed by atoms with Crippen molar-refractivity contribution in [2.45, 2.75) is 26.1 Å². The normalized spacial score (nSPS) is 15.0. The molecule has 0 radical (unpaired) electrons. The summed E-state index contributed by atoms with van der Waals surface area (Å²) in [5.74, 6) is -1.51. The molecule has 7 nitrogen and oxygen atoms in total. The Hall–Kier alpha value is -3.30. The number of nitrogens with two attached hydrogens (primary N) is 1. The lowest BCUT2D eigenvalue weighted by Crippen LogP contribution is -2.48. The molecule has 0 spiro atoms. The van der Waals surface area contributed by atoms with Gasteiger partial charge in [-0.25, -0.2) is 13.6 Å². The van der Waals surface area contributed by atoms with E-state index in [0.29, 0.717) is 37.7 Å². The summed E-state index contributed by atoms with van der Waals surface area (Å²) in [5, 5.41) is 0. The Morgan fingerprint density at radius 2 is 1.61 bits per heavy atom. The minimum Gasteiger partial charge on any atom is -0.378 e. The molecule has 0 bridgehead atoms. The van der Waals surface area contributed by atoms with Crippen LogP contribution >= 0.6 is 0 Å². The van der Waals surface area contributed by atoms with Crippen LogP contribution in [0.4, 0.5) is 14.5 Å². The number of hydrogen-bond acceptors (Lipinski definition) is 5. The number of halogens is 2. The van der Waals surface area contributed by atoms with Crippen molar-refractivity contribution >= 4 is 5.69 Å². The Labute approximate surface area is 189 Å². The third-order valence-electron chi connectivity index (χ3n) is 5.97. The van der Waals surface area contributed by atoms with Gasteiger partial charge in [0.25, 0.3) is 5.56 Å². The van der Waals surface area contributed by atoms with E-state index in [1.807, 2.05) is 35.2 Å². The number of hydrogen-bond donors (Lipinski definition) is 1. The largest absolute Gasteiger partial charge is 0.378 e. The van der Waals surface area contributed by atoms with Crippen molar-refractivity contribution in [1.29, 1.82) is 0 Å². The molecule has 2 heterocycles. The van der Waals surface area contributed by atoms with Crippen LogP contribution in [-0.4, -0.2) is 35.4 Å². The first-order valence-electron chi connectivity index (χ1n) is 10.8. The van der Waals surface area contributed by atoms with E-state index in [4.69, 9.17) is 10.5 Å². The molecule has 3 aromatic rings. The maximum absolute atomic E-state index is 14.4. The van der Waals surface area contributed by atoms with Gasteiger partial charge in [-0.3, -0.25) is 13.9 Å². The van der Waals surface area contributed by atoms with Crippen molar-refractivity contribution < 1.29 is 13.5 Å². The first kappa shape index (κ1) is 22.9. The van der Waals surface area contributed by atoms with Gasteiger partial charge in [0.1, 0.15) is 17.3 Å². The fourth-order valence-corrected chi connectivity index (χ4v) is 4.13. The zero-order valence-electron chi connectivity index (χ0n) is 18.3. The summed E-state index contributed by atoms with van der Waals surface area (Å²) in [6.45, 7) is 3.00. The van der Waals surface area contributed by atoms with Gasteiger partial charge in [-0.15, -0.1) is 0 Å². The second-order valence-electron chi connectivity index (χ2n) is 8.04. The van der Waals surface area contributed by atoms with Gasteiger partial charge in [0.15, 0.2) is 0 Å². The lowest BCUT2D eigenvalue weighted by atomic mass is 10.1. The highest BCUT2D eigenvalue weighted by atomic mass is 19.1. The third kappa shape index (κ3) is 4.60.